The van der Waals surface area contributed by atoms with Gasteiger partial charge >= 0.3 is 0 Å². The Balaban J connectivity index is 2.10. The van der Waals surface area contributed by atoms with Crippen molar-refractivity contribution in [1.29, 1.82) is 0 Å². The van der Waals surface area contributed by atoms with E-state index in [4.69, 9.17) is 14.2 Å². The quantitative estimate of drug-likeness (QED) is 0.728. The van der Waals surface area contributed by atoms with Gasteiger partial charge in [-0.2, -0.15) is 0 Å². The Morgan fingerprint density at radius 3 is 2.33 bits per heavy atom. The van der Waals surface area contributed by atoms with Crippen LogP contribution in [0.15, 0.2) is 48.7 Å². The molecule has 105 valence electrons. The summed E-state index contributed by atoms with van der Waals surface area (Å²) in [6.45, 7) is 0. The number of aromatic nitrogens is 1. The van der Waals surface area contributed by atoms with E-state index in [1.54, 1.807) is 20.4 Å². The van der Waals surface area contributed by atoms with Crippen LogP contribution in [0.3, 0.4) is 0 Å². The largest absolute Gasteiger partial charge is 0.493 e. The zero-order chi connectivity index (χ0) is 14.7. The number of hydrogen-bond donors (Lipinski definition) is 0. The first-order valence-electron chi connectivity index (χ1n) is 6.46. The van der Waals surface area contributed by atoms with E-state index in [0.717, 1.165) is 16.7 Å². The molecule has 1 radical (unpaired) electrons. The fourth-order valence-corrected chi connectivity index (χ4v) is 2.10. The first-order chi connectivity index (χ1) is 10.3. The third-order valence-electron chi connectivity index (χ3n) is 3.12. The Morgan fingerprint density at radius 1 is 0.905 bits per heavy atom. The minimum Gasteiger partial charge on any atom is -0.493 e. The second kappa shape index (κ2) is 5.71. The third-order valence-corrected chi connectivity index (χ3v) is 3.12. The first kappa shape index (κ1) is 13.2. The predicted octanol–water partition coefficient (Wildman–Crippen LogP) is 3.84. The molecule has 4 heteroatoms. The number of pyridine rings is 1. The molecule has 0 aliphatic carbocycles. The van der Waals surface area contributed by atoms with Crippen LogP contribution in [0.4, 0.5) is 0 Å². The highest BCUT2D eigenvalue weighted by Gasteiger charge is 2.11. The molecule has 3 rings (SSSR count). The number of nitrogens with zero attached hydrogens (tertiary/aromatic N) is 1. The van der Waals surface area contributed by atoms with Crippen LogP contribution in [0.1, 0.15) is 0 Å². The Bertz CT molecular complexity index is 757. The van der Waals surface area contributed by atoms with Crippen molar-refractivity contribution < 1.29 is 14.2 Å². The van der Waals surface area contributed by atoms with Crippen molar-refractivity contribution in [3.8, 4) is 23.0 Å². The molecule has 0 fully saturated rings. The van der Waals surface area contributed by atoms with Crippen molar-refractivity contribution in [2.45, 2.75) is 0 Å². The fourth-order valence-electron chi connectivity index (χ4n) is 2.10. The van der Waals surface area contributed by atoms with Gasteiger partial charge in [0.1, 0.15) is 11.5 Å². The van der Waals surface area contributed by atoms with Gasteiger partial charge in [-0.05, 0) is 30.3 Å². The van der Waals surface area contributed by atoms with Crippen LogP contribution in [-0.2, 0) is 0 Å². The van der Waals surface area contributed by atoms with Gasteiger partial charge in [0.25, 0.3) is 0 Å². The normalized spacial score (nSPS) is 10.4. The molecule has 1 aromatic heterocycles. The number of benzene rings is 2. The summed E-state index contributed by atoms with van der Waals surface area (Å²) in [4.78, 5) is 4.35. The minimum atomic E-state index is 0.643. The summed E-state index contributed by atoms with van der Waals surface area (Å²) >= 11 is 0. The summed E-state index contributed by atoms with van der Waals surface area (Å²) in [7, 11) is 3.21. The molecule has 0 N–H and O–H groups in total. The maximum atomic E-state index is 5.91. The predicted molar refractivity (Wildman–Crippen MR) is 80.2 cm³/mol. The van der Waals surface area contributed by atoms with Gasteiger partial charge in [0.2, 0.25) is 0 Å². The average Bonchev–Trinajstić information content (AvgIpc) is 2.55. The highest BCUT2D eigenvalue weighted by molar-refractivity contribution is 5.88. The zero-order valence-electron chi connectivity index (χ0n) is 11.8. The number of methoxy groups -OCH3 is 2. The molecule has 0 aliphatic rings. The lowest BCUT2D eigenvalue weighted by Crippen LogP contribution is -1.93. The number of fused-ring (bicyclic) bond motifs is 1. The minimum absolute atomic E-state index is 0.643. The van der Waals surface area contributed by atoms with Crippen molar-refractivity contribution in [2.24, 2.45) is 0 Å². The lowest BCUT2D eigenvalue weighted by atomic mass is 10.2. The number of ether oxygens (including phenoxy) is 3. The van der Waals surface area contributed by atoms with E-state index in [1.807, 2.05) is 42.5 Å². The summed E-state index contributed by atoms with van der Waals surface area (Å²) in [6, 6.07) is 15.8. The lowest BCUT2D eigenvalue weighted by molar-refractivity contribution is 0.355. The Morgan fingerprint density at radius 2 is 1.62 bits per heavy atom. The van der Waals surface area contributed by atoms with Gasteiger partial charge in [-0.15, -0.1) is 0 Å². The van der Waals surface area contributed by atoms with Gasteiger partial charge in [0, 0.05) is 17.6 Å². The van der Waals surface area contributed by atoms with E-state index in [9.17, 15) is 0 Å². The van der Waals surface area contributed by atoms with Crippen LogP contribution >= 0.6 is 0 Å². The molecule has 1 heterocycles. The Kier molecular flexibility index (Phi) is 3.60. The van der Waals surface area contributed by atoms with Crippen molar-refractivity contribution in [1.82, 2.24) is 4.98 Å². The SMILES string of the molecule is COc1cc2nccc(Oc3cc[c]cc3)c2cc1OC. The fraction of sp³-hybridized carbons (Fsp3) is 0.118. The van der Waals surface area contributed by atoms with E-state index < -0.39 is 0 Å². The van der Waals surface area contributed by atoms with Gasteiger partial charge < -0.3 is 14.2 Å². The maximum absolute atomic E-state index is 5.91. The summed E-state index contributed by atoms with van der Waals surface area (Å²) in [6.07, 6.45) is 1.71. The van der Waals surface area contributed by atoms with Crippen LogP contribution in [0.2, 0.25) is 0 Å². The molecule has 2 aromatic carbocycles. The smallest absolute Gasteiger partial charge is 0.162 e. The molecular weight excluding hydrogens is 266 g/mol. The van der Waals surface area contributed by atoms with Crippen molar-refractivity contribution in [2.75, 3.05) is 14.2 Å². The van der Waals surface area contributed by atoms with E-state index in [0.29, 0.717) is 17.2 Å². The van der Waals surface area contributed by atoms with Crippen LogP contribution < -0.4 is 14.2 Å². The van der Waals surface area contributed by atoms with Gasteiger partial charge in [-0.25, -0.2) is 0 Å². The molecular formula is C17H14NO3. The Labute approximate surface area is 122 Å². The molecule has 0 aliphatic heterocycles. The van der Waals surface area contributed by atoms with Gasteiger partial charge in [-0.1, -0.05) is 12.1 Å². The highest BCUT2D eigenvalue weighted by Crippen LogP contribution is 2.36. The number of hydrogen-bond acceptors (Lipinski definition) is 4. The topological polar surface area (TPSA) is 40.6 Å². The Hall–Kier alpha value is -2.75. The monoisotopic (exact) mass is 280 g/mol. The molecule has 0 spiro atoms. The third kappa shape index (κ3) is 2.60. The zero-order valence-corrected chi connectivity index (χ0v) is 11.8. The van der Waals surface area contributed by atoms with Crippen molar-refractivity contribution >= 4 is 10.9 Å². The second-order valence-electron chi connectivity index (χ2n) is 4.37. The molecule has 3 aromatic rings. The van der Waals surface area contributed by atoms with Crippen LogP contribution in [0.5, 0.6) is 23.0 Å². The lowest BCUT2D eigenvalue weighted by Gasteiger charge is -2.12. The van der Waals surface area contributed by atoms with E-state index in [-0.39, 0.29) is 0 Å². The van der Waals surface area contributed by atoms with Gasteiger partial charge in [0.15, 0.2) is 11.5 Å². The number of rotatable bonds is 4. The molecule has 0 bridgehead atoms. The molecule has 0 unspecified atom stereocenters. The van der Waals surface area contributed by atoms with E-state index in [2.05, 4.69) is 11.1 Å². The van der Waals surface area contributed by atoms with E-state index >= 15 is 0 Å². The van der Waals surface area contributed by atoms with Gasteiger partial charge in [-0.3, -0.25) is 4.98 Å². The van der Waals surface area contributed by atoms with E-state index in [1.165, 1.54) is 0 Å². The van der Waals surface area contributed by atoms with Crippen LogP contribution in [0, 0.1) is 6.07 Å². The molecule has 21 heavy (non-hydrogen) atoms. The summed E-state index contributed by atoms with van der Waals surface area (Å²) in [5.74, 6) is 2.75. The van der Waals surface area contributed by atoms with Gasteiger partial charge in [0.05, 0.1) is 19.7 Å². The van der Waals surface area contributed by atoms with Crippen LogP contribution in [-0.4, -0.2) is 19.2 Å². The summed E-state index contributed by atoms with van der Waals surface area (Å²) in [5, 5.41) is 0.864. The standard InChI is InChI=1S/C17H14NO3/c1-19-16-10-13-14(11-17(16)20-2)18-9-8-15(13)21-12-6-4-3-5-7-12/h4-11H,1-2H3. The maximum Gasteiger partial charge on any atom is 0.162 e. The van der Waals surface area contributed by atoms with Crippen molar-refractivity contribution in [3.63, 3.8) is 0 Å². The highest BCUT2D eigenvalue weighted by atomic mass is 16.5. The van der Waals surface area contributed by atoms with Crippen molar-refractivity contribution in [3.05, 3.63) is 54.7 Å². The van der Waals surface area contributed by atoms with Crippen LogP contribution in [0.25, 0.3) is 10.9 Å². The molecule has 4 nitrogen and oxygen atoms in total. The molecule has 0 saturated heterocycles. The molecule has 0 saturated carbocycles. The average molecular weight is 280 g/mol. The molecule has 0 amide bonds. The first-order valence-corrected chi connectivity index (χ1v) is 6.46. The summed E-state index contributed by atoms with van der Waals surface area (Å²) < 4.78 is 16.5. The second-order valence-corrected chi connectivity index (χ2v) is 4.37. The molecule has 0 atom stereocenters. The summed E-state index contributed by atoms with van der Waals surface area (Å²) in [5.41, 5.74) is 0.785.